The largest absolute Gasteiger partial charge is 0.416 e. The lowest BCUT2D eigenvalue weighted by Crippen LogP contribution is -2.10. The van der Waals surface area contributed by atoms with Gasteiger partial charge in [-0.15, -0.1) is 0 Å². The van der Waals surface area contributed by atoms with Crippen molar-refractivity contribution < 1.29 is 17.9 Å². The molecule has 0 amide bonds. The quantitative estimate of drug-likeness (QED) is 0.636. The van der Waals surface area contributed by atoms with Crippen LogP contribution in [0.3, 0.4) is 0 Å². The second-order valence-electron chi connectivity index (χ2n) is 6.97. The van der Waals surface area contributed by atoms with Gasteiger partial charge in [-0.2, -0.15) is 13.2 Å². The first-order chi connectivity index (χ1) is 10.7. The van der Waals surface area contributed by atoms with Crippen LogP contribution in [0.15, 0.2) is 48.5 Å². The molecule has 1 aliphatic rings. The number of hydrogen-bond acceptors (Lipinski definition) is 1. The maximum absolute atomic E-state index is 12.6. The van der Waals surface area contributed by atoms with E-state index < -0.39 is 11.7 Å². The third-order valence-electron chi connectivity index (χ3n) is 4.16. The number of rotatable bonds is 2. The van der Waals surface area contributed by atoms with Gasteiger partial charge in [0, 0.05) is 0 Å². The van der Waals surface area contributed by atoms with Crippen LogP contribution < -0.4 is 0 Å². The molecule has 0 aromatic heterocycles. The van der Waals surface area contributed by atoms with Gasteiger partial charge in [0.05, 0.1) is 5.56 Å². The van der Waals surface area contributed by atoms with Crippen molar-refractivity contribution in [3.05, 3.63) is 70.8 Å². The van der Waals surface area contributed by atoms with Crippen molar-refractivity contribution in [3.63, 3.8) is 0 Å². The first-order valence-electron chi connectivity index (χ1n) is 7.59. The van der Waals surface area contributed by atoms with Gasteiger partial charge in [0.25, 0.3) is 0 Å². The zero-order valence-electron chi connectivity index (χ0n) is 13.3. The Morgan fingerprint density at radius 3 is 1.43 bits per heavy atom. The molecule has 2 atom stereocenters. The van der Waals surface area contributed by atoms with Crippen molar-refractivity contribution in [1.82, 2.24) is 0 Å². The lowest BCUT2D eigenvalue weighted by molar-refractivity contribution is -0.137. The maximum Gasteiger partial charge on any atom is 0.416 e. The summed E-state index contributed by atoms with van der Waals surface area (Å²) in [5.74, 6) is 0. The average molecular weight is 320 g/mol. The standard InChI is InChI=1S/C19H19F3O/c1-18(2,3)14-8-4-12(5-9-14)16-17(23-16)13-6-10-15(11-7-13)19(20,21)22/h4-11,16-17H,1-3H3/t16-,17-/m0/s1. The van der Waals surface area contributed by atoms with E-state index in [2.05, 4.69) is 32.9 Å². The summed E-state index contributed by atoms with van der Waals surface area (Å²) in [6.45, 7) is 6.46. The monoisotopic (exact) mass is 320 g/mol. The van der Waals surface area contributed by atoms with Gasteiger partial charge in [0.15, 0.2) is 0 Å². The Kier molecular flexibility index (Phi) is 3.75. The van der Waals surface area contributed by atoms with Crippen molar-refractivity contribution in [2.45, 2.75) is 44.6 Å². The van der Waals surface area contributed by atoms with Gasteiger partial charge in [0.1, 0.15) is 12.2 Å². The second kappa shape index (κ2) is 5.38. The minimum Gasteiger partial charge on any atom is -0.359 e. The third-order valence-corrected chi connectivity index (χ3v) is 4.16. The molecule has 23 heavy (non-hydrogen) atoms. The molecule has 0 aliphatic carbocycles. The topological polar surface area (TPSA) is 12.5 Å². The zero-order chi connectivity index (χ0) is 16.8. The first-order valence-corrected chi connectivity index (χ1v) is 7.59. The van der Waals surface area contributed by atoms with E-state index in [1.54, 1.807) is 0 Å². The molecule has 2 aromatic carbocycles. The molecule has 1 fully saturated rings. The second-order valence-corrected chi connectivity index (χ2v) is 6.97. The Bertz CT molecular complexity index is 617. The fourth-order valence-corrected chi connectivity index (χ4v) is 2.65. The van der Waals surface area contributed by atoms with Crippen LogP contribution in [0.2, 0.25) is 0 Å². The van der Waals surface area contributed by atoms with Crippen molar-refractivity contribution in [3.8, 4) is 0 Å². The first kappa shape index (κ1) is 16.1. The Balaban J connectivity index is 1.72. The number of ether oxygens (including phenoxy) is 1. The van der Waals surface area contributed by atoms with Crippen molar-refractivity contribution >= 4 is 0 Å². The van der Waals surface area contributed by atoms with Gasteiger partial charge in [-0.25, -0.2) is 0 Å². The molecular weight excluding hydrogens is 301 g/mol. The van der Waals surface area contributed by atoms with Gasteiger partial charge in [-0.05, 0) is 34.2 Å². The van der Waals surface area contributed by atoms with E-state index in [9.17, 15) is 13.2 Å². The highest BCUT2D eigenvalue weighted by Gasteiger charge is 2.41. The number of halogens is 3. The number of epoxide rings is 1. The normalized spacial score (nSPS) is 21.3. The van der Waals surface area contributed by atoms with Crippen molar-refractivity contribution in [1.29, 1.82) is 0 Å². The number of hydrogen-bond donors (Lipinski definition) is 0. The summed E-state index contributed by atoms with van der Waals surface area (Å²) in [5, 5.41) is 0. The van der Waals surface area contributed by atoms with Gasteiger partial charge < -0.3 is 4.74 Å². The van der Waals surface area contributed by atoms with E-state index in [1.807, 2.05) is 12.1 Å². The average Bonchev–Trinajstić information content (AvgIpc) is 3.26. The predicted octanol–water partition coefficient (Wildman–Crippen LogP) is 5.82. The van der Waals surface area contributed by atoms with Crippen molar-refractivity contribution in [2.24, 2.45) is 0 Å². The molecule has 0 spiro atoms. The molecule has 1 aliphatic heterocycles. The molecule has 1 saturated heterocycles. The summed E-state index contributed by atoms with van der Waals surface area (Å²) in [4.78, 5) is 0. The molecule has 0 bridgehead atoms. The van der Waals surface area contributed by atoms with E-state index >= 15 is 0 Å². The molecule has 0 N–H and O–H groups in total. The summed E-state index contributed by atoms with van der Waals surface area (Å²) in [7, 11) is 0. The van der Waals surface area contributed by atoms with Gasteiger partial charge in [0.2, 0.25) is 0 Å². The minimum absolute atomic E-state index is 0.0687. The number of alkyl halides is 3. The van der Waals surface area contributed by atoms with Gasteiger partial charge in [-0.1, -0.05) is 57.2 Å². The molecular formula is C19H19F3O. The molecule has 2 aromatic rings. The molecule has 4 heteroatoms. The fourth-order valence-electron chi connectivity index (χ4n) is 2.65. The van der Waals surface area contributed by atoms with Crippen LogP contribution in [-0.4, -0.2) is 0 Å². The predicted molar refractivity (Wildman–Crippen MR) is 83.2 cm³/mol. The Morgan fingerprint density at radius 2 is 1.09 bits per heavy atom. The van der Waals surface area contributed by atoms with E-state index in [1.165, 1.54) is 17.7 Å². The van der Waals surface area contributed by atoms with Crippen LogP contribution in [0, 0.1) is 0 Å². The summed E-state index contributed by atoms with van der Waals surface area (Å²) < 4.78 is 43.4. The number of benzene rings is 2. The van der Waals surface area contributed by atoms with E-state index in [-0.39, 0.29) is 17.6 Å². The Hall–Kier alpha value is -1.81. The summed E-state index contributed by atoms with van der Waals surface area (Å²) >= 11 is 0. The van der Waals surface area contributed by atoms with Crippen LogP contribution in [-0.2, 0) is 16.3 Å². The van der Waals surface area contributed by atoms with Gasteiger partial charge >= 0.3 is 6.18 Å². The molecule has 0 radical (unpaired) electrons. The molecule has 0 saturated carbocycles. The highest BCUT2D eigenvalue weighted by molar-refractivity contribution is 5.35. The smallest absolute Gasteiger partial charge is 0.359 e. The van der Waals surface area contributed by atoms with Crippen LogP contribution in [0.25, 0.3) is 0 Å². The zero-order valence-corrected chi connectivity index (χ0v) is 13.3. The minimum atomic E-state index is -4.30. The van der Waals surface area contributed by atoms with E-state index in [0.717, 1.165) is 23.3 Å². The highest BCUT2D eigenvalue weighted by atomic mass is 19.4. The van der Waals surface area contributed by atoms with Crippen LogP contribution in [0.5, 0.6) is 0 Å². The molecule has 122 valence electrons. The van der Waals surface area contributed by atoms with Gasteiger partial charge in [-0.3, -0.25) is 0 Å². The Labute approximate surface area is 134 Å². The van der Waals surface area contributed by atoms with Crippen molar-refractivity contribution in [2.75, 3.05) is 0 Å². The summed E-state index contributed by atoms with van der Waals surface area (Å²) in [6.07, 6.45) is -4.52. The SMILES string of the molecule is CC(C)(C)c1ccc([C@@H]2O[C@H]2c2ccc(C(F)(F)F)cc2)cc1. The lowest BCUT2D eigenvalue weighted by atomic mass is 9.86. The van der Waals surface area contributed by atoms with Crippen LogP contribution in [0.4, 0.5) is 13.2 Å². The Morgan fingerprint density at radius 1 is 0.696 bits per heavy atom. The molecule has 3 rings (SSSR count). The third kappa shape index (κ3) is 3.42. The van der Waals surface area contributed by atoms with Crippen LogP contribution >= 0.6 is 0 Å². The van der Waals surface area contributed by atoms with E-state index in [4.69, 9.17) is 4.74 Å². The molecule has 0 unspecified atom stereocenters. The van der Waals surface area contributed by atoms with E-state index in [0.29, 0.717) is 0 Å². The maximum atomic E-state index is 12.6. The summed E-state index contributed by atoms with van der Waals surface area (Å²) in [5.41, 5.74) is 2.54. The van der Waals surface area contributed by atoms with Crippen LogP contribution in [0.1, 0.15) is 55.2 Å². The molecule has 1 heterocycles. The molecule has 1 nitrogen and oxygen atoms in total. The lowest BCUT2D eigenvalue weighted by Gasteiger charge is -2.18. The summed E-state index contributed by atoms with van der Waals surface area (Å²) in [6, 6.07) is 13.5. The highest BCUT2D eigenvalue weighted by Crippen LogP contribution is 2.51. The fraction of sp³-hybridized carbons (Fsp3) is 0.368.